The fourth-order valence-corrected chi connectivity index (χ4v) is 0.972. The molecule has 1 rings (SSSR count). The molecular formula is C9H11NO3. The van der Waals surface area contributed by atoms with E-state index in [0.717, 1.165) is 0 Å². The fourth-order valence-electron chi connectivity index (χ4n) is 0.972. The van der Waals surface area contributed by atoms with Crippen molar-refractivity contribution in [3.63, 3.8) is 0 Å². The maximum atomic E-state index is 9.15. The summed E-state index contributed by atoms with van der Waals surface area (Å²) in [5.74, 6) is 0.624. The normalized spacial score (nSPS) is 10.5. The topological polar surface area (TPSA) is 62.0 Å². The van der Waals surface area contributed by atoms with Crippen molar-refractivity contribution in [3.8, 4) is 11.5 Å². The van der Waals surface area contributed by atoms with Crippen LogP contribution in [-0.2, 0) is 0 Å². The zero-order valence-corrected chi connectivity index (χ0v) is 7.27. The molecule has 1 aromatic carbocycles. The molecule has 4 heteroatoms. The smallest absolute Gasteiger partial charge is 0.131 e. The number of phenols is 1. The van der Waals surface area contributed by atoms with Gasteiger partial charge < -0.3 is 15.1 Å². The SMILES string of the molecule is CCOc1cc(O)ccc1C=NO. The quantitative estimate of drug-likeness (QED) is 0.423. The molecule has 0 aliphatic rings. The number of aromatic hydroxyl groups is 1. The van der Waals surface area contributed by atoms with Crippen molar-refractivity contribution >= 4 is 6.21 Å². The van der Waals surface area contributed by atoms with Crippen LogP contribution < -0.4 is 4.74 Å². The van der Waals surface area contributed by atoms with Crippen molar-refractivity contribution in [2.45, 2.75) is 6.92 Å². The minimum atomic E-state index is 0.124. The summed E-state index contributed by atoms with van der Waals surface area (Å²) in [5.41, 5.74) is 0.627. The molecule has 0 saturated heterocycles. The first-order valence-electron chi connectivity index (χ1n) is 3.91. The highest BCUT2D eigenvalue weighted by atomic mass is 16.5. The first-order chi connectivity index (χ1) is 6.27. The number of rotatable bonds is 3. The van der Waals surface area contributed by atoms with Crippen LogP contribution in [-0.4, -0.2) is 23.1 Å². The van der Waals surface area contributed by atoms with Crippen LogP contribution in [0.2, 0.25) is 0 Å². The van der Waals surface area contributed by atoms with E-state index in [1.807, 2.05) is 6.92 Å². The second kappa shape index (κ2) is 4.35. The molecule has 4 nitrogen and oxygen atoms in total. The lowest BCUT2D eigenvalue weighted by Crippen LogP contribution is -1.95. The van der Waals surface area contributed by atoms with Crippen LogP contribution in [0.4, 0.5) is 0 Å². The van der Waals surface area contributed by atoms with E-state index >= 15 is 0 Å². The van der Waals surface area contributed by atoms with Gasteiger partial charge in [-0.05, 0) is 19.1 Å². The second-order valence-electron chi connectivity index (χ2n) is 2.40. The molecule has 70 valence electrons. The average Bonchev–Trinajstić information content (AvgIpc) is 2.10. The third kappa shape index (κ3) is 2.37. The Morgan fingerprint density at radius 3 is 2.92 bits per heavy atom. The van der Waals surface area contributed by atoms with E-state index in [1.165, 1.54) is 18.3 Å². The van der Waals surface area contributed by atoms with E-state index in [0.29, 0.717) is 17.9 Å². The van der Waals surface area contributed by atoms with Gasteiger partial charge >= 0.3 is 0 Å². The van der Waals surface area contributed by atoms with Crippen molar-refractivity contribution in [2.24, 2.45) is 5.16 Å². The van der Waals surface area contributed by atoms with Gasteiger partial charge in [0.15, 0.2) is 0 Å². The molecule has 13 heavy (non-hydrogen) atoms. The van der Waals surface area contributed by atoms with Crippen molar-refractivity contribution in [2.75, 3.05) is 6.61 Å². The third-order valence-electron chi connectivity index (χ3n) is 1.49. The Morgan fingerprint density at radius 1 is 1.54 bits per heavy atom. The van der Waals surface area contributed by atoms with Crippen LogP contribution in [0, 0.1) is 0 Å². The average molecular weight is 181 g/mol. The van der Waals surface area contributed by atoms with Gasteiger partial charge in [0.2, 0.25) is 0 Å². The van der Waals surface area contributed by atoms with E-state index in [-0.39, 0.29) is 5.75 Å². The lowest BCUT2D eigenvalue weighted by Gasteiger charge is -2.06. The maximum absolute atomic E-state index is 9.15. The zero-order chi connectivity index (χ0) is 9.68. The van der Waals surface area contributed by atoms with E-state index < -0.39 is 0 Å². The van der Waals surface area contributed by atoms with Gasteiger partial charge in [-0.1, -0.05) is 5.16 Å². The Morgan fingerprint density at radius 2 is 2.31 bits per heavy atom. The van der Waals surface area contributed by atoms with Gasteiger partial charge in [-0.2, -0.15) is 0 Å². The molecule has 0 spiro atoms. The highest BCUT2D eigenvalue weighted by Gasteiger charge is 2.01. The largest absolute Gasteiger partial charge is 0.508 e. The first-order valence-corrected chi connectivity index (χ1v) is 3.91. The lowest BCUT2D eigenvalue weighted by molar-refractivity contribution is 0.320. The Bertz CT molecular complexity index is 310. The summed E-state index contributed by atoms with van der Waals surface area (Å²) < 4.78 is 5.21. The minimum absolute atomic E-state index is 0.124. The molecule has 0 fully saturated rings. The molecule has 0 saturated carbocycles. The van der Waals surface area contributed by atoms with Gasteiger partial charge in [0, 0.05) is 11.6 Å². The summed E-state index contributed by atoms with van der Waals surface area (Å²) in [6.07, 6.45) is 1.25. The molecule has 0 aliphatic heterocycles. The molecule has 0 aromatic heterocycles. The first kappa shape index (κ1) is 9.38. The van der Waals surface area contributed by atoms with E-state index in [1.54, 1.807) is 6.07 Å². The Kier molecular flexibility index (Phi) is 3.14. The van der Waals surface area contributed by atoms with Crippen molar-refractivity contribution in [1.82, 2.24) is 0 Å². The van der Waals surface area contributed by atoms with Gasteiger partial charge in [-0.3, -0.25) is 0 Å². The van der Waals surface area contributed by atoms with Crippen LogP contribution in [0.25, 0.3) is 0 Å². The molecule has 0 amide bonds. The maximum Gasteiger partial charge on any atom is 0.131 e. The number of nitrogens with zero attached hydrogens (tertiary/aromatic N) is 1. The lowest BCUT2D eigenvalue weighted by atomic mass is 10.2. The minimum Gasteiger partial charge on any atom is -0.508 e. The Labute approximate surface area is 76.1 Å². The number of hydrogen-bond donors (Lipinski definition) is 2. The molecular weight excluding hydrogens is 170 g/mol. The summed E-state index contributed by atoms with van der Waals surface area (Å²) in [6, 6.07) is 4.58. The van der Waals surface area contributed by atoms with Crippen molar-refractivity contribution < 1.29 is 15.1 Å². The molecule has 0 radical (unpaired) electrons. The van der Waals surface area contributed by atoms with Gasteiger partial charge in [0.05, 0.1) is 12.8 Å². The molecule has 0 atom stereocenters. The second-order valence-corrected chi connectivity index (χ2v) is 2.40. The molecule has 0 aliphatic carbocycles. The fraction of sp³-hybridized carbons (Fsp3) is 0.222. The molecule has 2 N–H and O–H groups in total. The summed E-state index contributed by atoms with van der Waals surface area (Å²) >= 11 is 0. The Hall–Kier alpha value is -1.71. The summed E-state index contributed by atoms with van der Waals surface area (Å²) in [6.45, 7) is 2.33. The monoisotopic (exact) mass is 181 g/mol. The van der Waals surface area contributed by atoms with Crippen LogP contribution in [0.1, 0.15) is 12.5 Å². The van der Waals surface area contributed by atoms with Crippen LogP contribution >= 0.6 is 0 Å². The molecule has 0 bridgehead atoms. The Balaban J connectivity index is 3.02. The van der Waals surface area contributed by atoms with Gasteiger partial charge in [0.1, 0.15) is 11.5 Å². The van der Waals surface area contributed by atoms with E-state index in [9.17, 15) is 0 Å². The van der Waals surface area contributed by atoms with E-state index in [2.05, 4.69) is 5.16 Å². The van der Waals surface area contributed by atoms with Gasteiger partial charge in [-0.15, -0.1) is 0 Å². The standard InChI is InChI=1S/C9H11NO3/c1-2-13-9-5-8(11)4-3-7(9)6-10-12/h3-6,11-12H,2H2,1H3. The predicted molar refractivity (Wildman–Crippen MR) is 48.7 cm³/mol. The van der Waals surface area contributed by atoms with Gasteiger partial charge in [-0.25, -0.2) is 0 Å². The molecule has 0 unspecified atom stereocenters. The highest BCUT2D eigenvalue weighted by Crippen LogP contribution is 2.22. The number of hydrogen-bond acceptors (Lipinski definition) is 4. The summed E-state index contributed by atoms with van der Waals surface area (Å²) in [4.78, 5) is 0. The third-order valence-corrected chi connectivity index (χ3v) is 1.49. The summed E-state index contributed by atoms with van der Waals surface area (Å²) in [7, 11) is 0. The van der Waals surface area contributed by atoms with Crippen LogP contribution in [0.5, 0.6) is 11.5 Å². The number of benzene rings is 1. The highest BCUT2D eigenvalue weighted by molar-refractivity contribution is 5.83. The number of phenolic OH excluding ortho intramolecular Hbond substituents is 1. The zero-order valence-electron chi connectivity index (χ0n) is 7.27. The van der Waals surface area contributed by atoms with Crippen LogP contribution in [0.15, 0.2) is 23.4 Å². The summed E-state index contributed by atoms with van der Waals surface area (Å²) in [5, 5.41) is 20.4. The number of oxime groups is 1. The molecule has 1 aromatic rings. The predicted octanol–water partition coefficient (Wildman–Crippen LogP) is 1.60. The molecule has 0 heterocycles. The van der Waals surface area contributed by atoms with Crippen molar-refractivity contribution in [3.05, 3.63) is 23.8 Å². The van der Waals surface area contributed by atoms with Crippen LogP contribution in [0.3, 0.4) is 0 Å². The van der Waals surface area contributed by atoms with Crippen molar-refractivity contribution in [1.29, 1.82) is 0 Å². The number of ether oxygens (including phenoxy) is 1. The van der Waals surface area contributed by atoms with E-state index in [4.69, 9.17) is 15.1 Å². The van der Waals surface area contributed by atoms with Gasteiger partial charge in [0.25, 0.3) is 0 Å².